The predicted molar refractivity (Wildman–Crippen MR) is 86.8 cm³/mol. The maximum atomic E-state index is 10.5. The Bertz CT molecular complexity index is 267. The summed E-state index contributed by atoms with van der Waals surface area (Å²) in [7, 11) is 0. The monoisotopic (exact) mass is 280 g/mol. The van der Waals surface area contributed by atoms with E-state index in [1.165, 1.54) is 58.3 Å². The van der Waals surface area contributed by atoms with E-state index in [9.17, 15) is 4.79 Å². The highest BCUT2D eigenvalue weighted by Crippen LogP contribution is 2.10. The quantitative estimate of drug-likeness (QED) is 0.250. The van der Waals surface area contributed by atoms with E-state index in [2.05, 4.69) is 31.2 Å². The van der Waals surface area contributed by atoms with Gasteiger partial charge in [-0.2, -0.15) is 0 Å². The Labute approximate surface area is 125 Å². The van der Waals surface area contributed by atoms with Crippen molar-refractivity contribution >= 4 is 5.97 Å². The summed E-state index contributed by atoms with van der Waals surface area (Å²) in [6.45, 7) is 4.12. The van der Waals surface area contributed by atoms with Crippen molar-refractivity contribution in [3.63, 3.8) is 0 Å². The number of carbonyl (C=O) groups is 1. The van der Waals surface area contributed by atoms with E-state index in [-0.39, 0.29) is 5.97 Å². The molecule has 0 aromatic carbocycles. The zero-order valence-electron chi connectivity index (χ0n) is 13.4. The van der Waals surface area contributed by atoms with Crippen molar-refractivity contribution in [2.24, 2.45) is 0 Å². The van der Waals surface area contributed by atoms with Crippen LogP contribution in [0.2, 0.25) is 0 Å². The highest BCUT2D eigenvalue weighted by molar-refractivity contribution is 5.65. The van der Waals surface area contributed by atoms with E-state index < -0.39 is 0 Å². The maximum Gasteiger partial charge on any atom is 0.302 e. The lowest BCUT2D eigenvalue weighted by Crippen LogP contribution is -2.00. The van der Waals surface area contributed by atoms with Crippen LogP contribution in [0.5, 0.6) is 0 Å². The average Bonchev–Trinajstić information content (AvgIpc) is 2.43. The number of hydrogen-bond acceptors (Lipinski definition) is 2. The van der Waals surface area contributed by atoms with Crippen LogP contribution in [-0.2, 0) is 9.53 Å². The van der Waals surface area contributed by atoms with Gasteiger partial charge in [0.05, 0.1) is 6.61 Å². The zero-order valence-corrected chi connectivity index (χ0v) is 13.4. The Morgan fingerprint density at radius 1 is 0.850 bits per heavy atom. The minimum atomic E-state index is -0.162. The van der Waals surface area contributed by atoms with Gasteiger partial charge >= 0.3 is 5.97 Å². The van der Waals surface area contributed by atoms with Crippen LogP contribution in [-0.4, -0.2) is 12.6 Å². The summed E-state index contributed by atoms with van der Waals surface area (Å²) in [5, 5.41) is 0. The number of allylic oxidation sites excluding steroid dienone is 4. The molecule has 0 unspecified atom stereocenters. The lowest BCUT2D eigenvalue weighted by atomic mass is 10.1. The number of esters is 1. The fourth-order valence-corrected chi connectivity index (χ4v) is 2.07. The molecule has 0 bridgehead atoms. The van der Waals surface area contributed by atoms with Gasteiger partial charge in [-0.3, -0.25) is 4.79 Å². The molecule has 0 aliphatic heterocycles. The van der Waals surface area contributed by atoms with E-state index in [1.807, 2.05) is 0 Å². The van der Waals surface area contributed by atoms with Crippen LogP contribution in [0.15, 0.2) is 24.3 Å². The van der Waals surface area contributed by atoms with Gasteiger partial charge in [-0.1, -0.05) is 62.8 Å². The molecular weight excluding hydrogens is 248 g/mol. The molecule has 0 amide bonds. The first-order valence-electron chi connectivity index (χ1n) is 8.17. The molecule has 0 spiro atoms. The van der Waals surface area contributed by atoms with Gasteiger partial charge in [-0.05, 0) is 32.6 Å². The summed E-state index contributed by atoms with van der Waals surface area (Å²) >= 11 is 0. The summed E-state index contributed by atoms with van der Waals surface area (Å²) in [5.41, 5.74) is 0. The van der Waals surface area contributed by atoms with Gasteiger partial charge in [-0.15, -0.1) is 0 Å². The molecule has 0 heterocycles. The van der Waals surface area contributed by atoms with Crippen LogP contribution in [0.3, 0.4) is 0 Å². The van der Waals surface area contributed by atoms with Crippen molar-refractivity contribution in [2.75, 3.05) is 6.61 Å². The van der Waals surface area contributed by atoms with Crippen molar-refractivity contribution in [2.45, 2.75) is 78.1 Å². The SMILES string of the molecule is CC=CCC=CCCCCCCCCCCOC(C)=O. The highest BCUT2D eigenvalue weighted by Gasteiger charge is 1.94. The molecule has 0 N–H and O–H groups in total. The normalized spacial score (nSPS) is 11.5. The number of rotatable bonds is 13. The maximum absolute atomic E-state index is 10.5. The molecule has 116 valence electrons. The average molecular weight is 280 g/mol. The van der Waals surface area contributed by atoms with Crippen molar-refractivity contribution in [3.8, 4) is 0 Å². The molecule has 0 fully saturated rings. The summed E-state index contributed by atoms with van der Waals surface area (Å²) in [4.78, 5) is 10.5. The van der Waals surface area contributed by atoms with Crippen LogP contribution < -0.4 is 0 Å². The lowest BCUT2D eigenvalue weighted by molar-refractivity contribution is -0.141. The summed E-state index contributed by atoms with van der Waals surface area (Å²) < 4.78 is 4.90. The third-order valence-electron chi connectivity index (χ3n) is 3.24. The van der Waals surface area contributed by atoms with Gasteiger partial charge in [0.15, 0.2) is 0 Å². The number of ether oxygens (including phenoxy) is 1. The van der Waals surface area contributed by atoms with E-state index in [4.69, 9.17) is 4.74 Å². The standard InChI is InChI=1S/C18H32O2/c1-3-4-5-6-7-8-9-10-11-12-13-14-15-16-17-20-18(2)19/h3-4,6-7H,5,8-17H2,1-2H3. The van der Waals surface area contributed by atoms with E-state index >= 15 is 0 Å². The third kappa shape index (κ3) is 16.9. The minimum Gasteiger partial charge on any atom is -0.466 e. The Morgan fingerprint density at radius 3 is 2.05 bits per heavy atom. The van der Waals surface area contributed by atoms with Crippen LogP contribution in [0.25, 0.3) is 0 Å². The summed E-state index contributed by atoms with van der Waals surface area (Å²) in [6.07, 6.45) is 21.3. The fourth-order valence-electron chi connectivity index (χ4n) is 2.07. The van der Waals surface area contributed by atoms with Gasteiger partial charge in [0, 0.05) is 6.92 Å². The number of carbonyl (C=O) groups excluding carboxylic acids is 1. The van der Waals surface area contributed by atoms with Gasteiger partial charge in [0.1, 0.15) is 0 Å². The Hall–Kier alpha value is -1.05. The molecule has 0 aliphatic rings. The molecular formula is C18H32O2. The Kier molecular flexibility index (Phi) is 15.2. The number of hydrogen-bond donors (Lipinski definition) is 0. The molecule has 0 saturated heterocycles. The lowest BCUT2D eigenvalue weighted by Gasteiger charge is -2.02. The van der Waals surface area contributed by atoms with Crippen molar-refractivity contribution in [1.29, 1.82) is 0 Å². The van der Waals surface area contributed by atoms with Gasteiger partial charge in [-0.25, -0.2) is 0 Å². The molecule has 2 heteroatoms. The van der Waals surface area contributed by atoms with E-state index in [0.717, 1.165) is 12.8 Å². The van der Waals surface area contributed by atoms with Crippen LogP contribution in [0.1, 0.15) is 78.1 Å². The smallest absolute Gasteiger partial charge is 0.302 e. The Balaban J connectivity index is 3.06. The molecule has 0 rings (SSSR count). The topological polar surface area (TPSA) is 26.3 Å². The first kappa shape index (κ1) is 18.9. The number of unbranched alkanes of at least 4 members (excludes halogenated alkanes) is 8. The van der Waals surface area contributed by atoms with Gasteiger partial charge in [0.2, 0.25) is 0 Å². The van der Waals surface area contributed by atoms with E-state index in [0.29, 0.717) is 6.61 Å². The summed E-state index contributed by atoms with van der Waals surface area (Å²) in [6, 6.07) is 0. The molecule has 0 radical (unpaired) electrons. The molecule has 0 atom stereocenters. The van der Waals surface area contributed by atoms with Crippen LogP contribution >= 0.6 is 0 Å². The van der Waals surface area contributed by atoms with Crippen LogP contribution in [0, 0.1) is 0 Å². The predicted octanol–water partition coefficient (Wildman–Crippen LogP) is 5.58. The molecule has 2 nitrogen and oxygen atoms in total. The molecule has 0 aromatic heterocycles. The van der Waals surface area contributed by atoms with Crippen molar-refractivity contribution < 1.29 is 9.53 Å². The minimum absolute atomic E-state index is 0.162. The second-order valence-electron chi connectivity index (χ2n) is 5.23. The van der Waals surface area contributed by atoms with Crippen molar-refractivity contribution in [3.05, 3.63) is 24.3 Å². The molecule has 20 heavy (non-hydrogen) atoms. The van der Waals surface area contributed by atoms with Crippen LogP contribution in [0.4, 0.5) is 0 Å². The first-order valence-corrected chi connectivity index (χ1v) is 8.17. The van der Waals surface area contributed by atoms with Gasteiger partial charge in [0.25, 0.3) is 0 Å². The van der Waals surface area contributed by atoms with E-state index in [1.54, 1.807) is 0 Å². The highest BCUT2D eigenvalue weighted by atomic mass is 16.5. The first-order chi connectivity index (χ1) is 9.77. The second kappa shape index (κ2) is 16.0. The molecule has 0 saturated carbocycles. The zero-order chi connectivity index (χ0) is 14.9. The van der Waals surface area contributed by atoms with Crippen molar-refractivity contribution in [1.82, 2.24) is 0 Å². The second-order valence-corrected chi connectivity index (χ2v) is 5.23. The largest absolute Gasteiger partial charge is 0.466 e. The van der Waals surface area contributed by atoms with Gasteiger partial charge < -0.3 is 4.74 Å². The Morgan fingerprint density at radius 2 is 1.45 bits per heavy atom. The summed E-state index contributed by atoms with van der Waals surface area (Å²) in [5.74, 6) is -0.162. The fraction of sp³-hybridized carbons (Fsp3) is 0.722. The molecule has 0 aliphatic carbocycles. The molecule has 0 aromatic rings. The third-order valence-corrected chi connectivity index (χ3v) is 3.24.